The van der Waals surface area contributed by atoms with E-state index in [1.807, 2.05) is 17.9 Å². The van der Waals surface area contributed by atoms with Gasteiger partial charge in [0.1, 0.15) is 11.6 Å². The van der Waals surface area contributed by atoms with Gasteiger partial charge < -0.3 is 15.1 Å². The van der Waals surface area contributed by atoms with Crippen LogP contribution in [0.15, 0.2) is 42.5 Å². The van der Waals surface area contributed by atoms with Crippen LogP contribution < -0.4 is 10.2 Å². The van der Waals surface area contributed by atoms with E-state index in [0.717, 1.165) is 40.3 Å². The van der Waals surface area contributed by atoms with Crippen LogP contribution in [0.1, 0.15) is 68.8 Å². The first-order chi connectivity index (χ1) is 17.7. The average Bonchev–Trinajstić information content (AvgIpc) is 2.88. The lowest BCUT2D eigenvalue weighted by Crippen LogP contribution is -2.50. The van der Waals surface area contributed by atoms with Crippen LogP contribution in [0.4, 0.5) is 20.7 Å². The minimum absolute atomic E-state index is 0.0651. The molecule has 4 rings (SSSR count). The summed E-state index contributed by atoms with van der Waals surface area (Å²) in [4.78, 5) is 27.0. The maximum Gasteiger partial charge on any atom is 0.321 e. The van der Waals surface area contributed by atoms with E-state index in [1.54, 1.807) is 6.07 Å². The Kier molecular flexibility index (Phi) is 8.10. The van der Waals surface area contributed by atoms with E-state index in [1.165, 1.54) is 12.1 Å². The molecule has 1 aliphatic heterocycles. The Bertz CT molecular complexity index is 1240. The summed E-state index contributed by atoms with van der Waals surface area (Å²) in [7, 11) is 0. The van der Waals surface area contributed by atoms with E-state index in [-0.39, 0.29) is 11.8 Å². The fourth-order valence-electron chi connectivity index (χ4n) is 5.02. The molecule has 2 heterocycles. The molecule has 1 aliphatic rings. The first-order valence-electron chi connectivity index (χ1n) is 13.3. The third-order valence-corrected chi connectivity index (χ3v) is 7.10. The number of amides is 2. The molecule has 2 aromatic carbocycles. The predicted molar refractivity (Wildman–Crippen MR) is 149 cm³/mol. The van der Waals surface area contributed by atoms with Crippen molar-refractivity contribution in [2.75, 3.05) is 36.4 Å². The van der Waals surface area contributed by atoms with Crippen LogP contribution in [-0.2, 0) is 6.42 Å². The average molecular weight is 504 g/mol. The lowest BCUT2D eigenvalue weighted by Gasteiger charge is -2.36. The van der Waals surface area contributed by atoms with Crippen molar-refractivity contribution in [3.63, 3.8) is 0 Å². The molecule has 0 atom stereocenters. The minimum Gasteiger partial charge on any atom is -0.353 e. The molecule has 0 radical (unpaired) electrons. The van der Waals surface area contributed by atoms with Crippen LogP contribution in [0.25, 0.3) is 11.4 Å². The highest BCUT2D eigenvalue weighted by Crippen LogP contribution is 2.33. The Morgan fingerprint density at radius 2 is 1.59 bits per heavy atom. The first-order valence-corrected chi connectivity index (χ1v) is 13.3. The molecule has 0 unspecified atom stereocenters. The molecule has 6 nitrogen and oxygen atoms in total. The lowest BCUT2D eigenvalue weighted by molar-refractivity contribution is 0.208. The largest absolute Gasteiger partial charge is 0.353 e. The molecule has 0 bridgehead atoms. The Labute approximate surface area is 219 Å². The maximum atomic E-state index is 13.9. The number of nitrogens with zero attached hydrogens (tertiary/aromatic N) is 4. The maximum absolute atomic E-state index is 13.9. The third-order valence-electron chi connectivity index (χ3n) is 7.10. The molecule has 196 valence electrons. The summed E-state index contributed by atoms with van der Waals surface area (Å²) in [5.41, 5.74) is 5.91. The van der Waals surface area contributed by atoms with Crippen LogP contribution in [0.5, 0.6) is 0 Å². The molecule has 0 saturated carbocycles. The molecule has 0 aliphatic carbocycles. The summed E-state index contributed by atoms with van der Waals surface area (Å²) in [6.45, 7) is 15.2. The molecule has 1 N–H and O–H groups in total. The summed E-state index contributed by atoms with van der Waals surface area (Å²) in [5, 5.41) is 3.24. The second-order valence-electron chi connectivity index (χ2n) is 10.3. The van der Waals surface area contributed by atoms with Crippen LogP contribution in [0.3, 0.4) is 0 Å². The standard InChI is InChI=1S/C30H38FN5O/c1-7-24-21(6)32-28(22-10-8-11-23(31)18-22)34-29(24)35-14-16-36(17-15-35)30(37)33-27-25(19(2)3)12-9-13-26(27)20(4)5/h8-13,18-20H,7,14-17H2,1-6H3,(H,33,37). The molecule has 0 spiro atoms. The normalized spacial score (nSPS) is 14.0. The number of carbonyl (C=O) groups is 1. The smallest absolute Gasteiger partial charge is 0.321 e. The number of para-hydroxylation sites is 1. The van der Waals surface area contributed by atoms with Gasteiger partial charge in [-0.05, 0) is 48.4 Å². The molecular formula is C30H38FN5O. The van der Waals surface area contributed by atoms with Crippen molar-refractivity contribution in [3.05, 3.63) is 70.7 Å². The SMILES string of the molecule is CCc1c(C)nc(-c2cccc(F)c2)nc1N1CCN(C(=O)Nc2c(C(C)C)cccc2C(C)C)CC1. The second kappa shape index (κ2) is 11.3. The van der Waals surface area contributed by atoms with Gasteiger partial charge in [0.05, 0.1) is 0 Å². The van der Waals surface area contributed by atoms with E-state index in [9.17, 15) is 9.18 Å². The number of benzene rings is 2. The monoisotopic (exact) mass is 503 g/mol. The van der Waals surface area contributed by atoms with Gasteiger partial charge in [0, 0.05) is 48.7 Å². The highest BCUT2D eigenvalue weighted by Gasteiger charge is 2.26. The molecular weight excluding hydrogens is 465 g/mol. The quantitative estimate of drug-likeness (QED) is 0.404. The summed E-state index contributed by atoms with van der Waals surface area (Å²) < 4.78 is 13.9. The number of urea groups is 1. The number of aromatic nitrogens is 2. The summed E-state index contributed by atoms with van der Waals surface area (Å²) in [5.74, 6) is 1.72. The molecule has 37 heavy (non-hydrogen) atoms. The zero-order valence-electron chi connectivity index (χ0n) is 22.8. The Balaban J connectivity index is 1.53. The topological polar surface area (TPSA) is 61.4 Å². The highest BCUT2D eigenvalue weighted by molar-refractivity contribution is 5.91. The lowest BCUT2D eigenvalue weighted by atomic mass is 9.93. The van der Waals surface area contributed by atoms with Crippen molar-refractivity contribution >= 4 is 17.5 Å². The van der Waals surface area contributed by atoms with Gasteiger partial charge in [-0.2, -0.15) is 0 Å². The highest BCUT2D eigenvalue weighted by atomic mass is 19.1. The van der Waals surface area contributed by atoms with Crippen molar-refractivity contribution in [1.29, 1.82) is 0 Å². The Morgan fingerprint density at radius 1 is 0.973 bits per heavy atom. The van der Waals surface area contributed by atoms with Crippen LogP contribution in [0, 0.1) is 12.7 Å². The molecule has 1 fully saturated rings. The van der Waals surface area contributed by atoms with Gasteiger partial charge in [-0.15, -0.1) is 0 Å². The minimum atomic E-state index is -0.306. The van der Waals surface area contributed by atoms with E-state index >= 15 is 0 Å². The number of carbonyl (C=O) groups excluding carboxylic acids is 1. The molecule has 3 aromatic rings. The van der Waals surface area contributed by atoms with Gasteiger partial charge in [0.2, 0.25) is 0 Å². The Hall–Kier alpha value is -3.48. The van der Waals surface area contributed by atoms with Crippen molar-refractivity contribution < 1.29 is 9.18 Å². The van der Waals surface area contributed by atoms with E-state index in [4.69, 9.17) is 4.98 Å². The van der Waals surface area contributed by atoms with Gasteiger partial charge in [-0.3, -0.25) is 0 Å². The zero-order chi connectivity index (χ0) is 26.7. The van der Waals surface area contributed by atoms with Crippen molar-refractivity contribution in [2.45, 2.75) is 59.8 Å². The number of nitrogens with one attached hydrogen (secondary N) is 1. The molecule has 2 amide bonds. The number of piperazine rings is 1. The predicted octanol–water partition coefficient (Wildman–Crippen LogP) is 6.75. The van der Waals surface area contributed by atoms with Gasteiger partial charge in [-0.25, -0.2) is 19.2 Å². The molecule has 1 aromatic heterocycles. The third kappa shape index (κ3) is 5.76. The molecule has 7 heteroatoms. The van der Waals surface area contributed by atoms with E-state index < -0.39 is 0 Å². The van der Waals surface area contributed by atoms with Crippen LogP contribution in [0.2, 0.25) is 0 Å². The zero-order valence-corrected chi connectivity index (χ0v) is 22.8. The van der Waals surface area contributed by atoms with Gasteiger partial charge in [0.25, 0.3) is 0 Å². The summed E-state index contributed by atoms with van der Waals surface area (Å²) in [6, 6.07) is 12.6. The summed E-state index contributed by atoms with van der Waals surface area (Å²) in [6.07, 6.45) is 0.801. The molecule has 1 saturated heterocycles. The van der Waals surface area contributed by atoms with Crippen LogP contribution >= 0.6 is 0 Å². The fourth-order valence-corrected chi connectivity index (χ4v) is 5.02. The van der Waals surface area contributed by atoms with E-state index in [2.05, 4.69) is 68.0 Å². The van der Waals surface area contributed by atoms with Crippen molar-refractivity contribution in [3.8, 4) is 11.4 Å². The number of hydrogen-bond acceptors (Lipinski definition) is 4. The number of rotatable bonds is 6. The first kappa shape index (κ1) is 26.6. The number of halogens is 1. The van der Waals surface area contributed by atoms with Crippen molar-refractivity contribution in [1.82, 2.24) is 14.9 Å². The van der Waals surface area contributed by atoms with Crippen molar-refractivity contribution in [2.24, 2.45) is 0 Å². The van der Waals surface area contributed by atoms with Crippen LogP contribution in [-0.4, -0.2) is 47.1 Å². The number of aryl methyl sites for hydroxylation is 1. The Morgan fingerprint density at radius 3 is 2.16 bits per heavy atom. The second-order valence-corrected chi connectivity index (χ2v) is 10.3. The van der Waals surface area contributed by atoms with Gasteiger partial charge >= 0.3 is 6.03 Å². The number of hydrogen-bond donors (Lipinski definition) is 1. The number of anilines is 2. The van der Waals surface area contributed by atoms with Gasteiger partial charge in [0.15, 0.2) is 5.82 Å². The summed E-state index contributed by atoms with van der Waals surface area (Å²) >= 11 is 0. The fraction of sp³-hybridized carbons (Fsp3) is 0.433. The van der Waals surface area contributed by atoms with Gasteiger partial charge in [-0.1, -0.05) is 65.0 Å². The van der Waals surface area contributed by atoms with E-state index in [0.29, 0.717) is 49.4 Å².